The summed E-state index contributed by atoms with van der Waals surface area (Å²) < 4.78 is 16.1. The molecule has 0 radical (unpaired) electrons. The van der Waals surface area contributed by atoms with Gasteiger partial charge in [-0.3, -0.25) is 0 Å². The fourth-order valence-electron chi connectivity index (χ4n) is 4.22. The van der Waals surface area contributed by atoms with Crippen LogP contribution >= 0.6 is 0 Å². The minimum Gasteiger partial charge on any atom is -0.367 e. The van der Waals surface area contributed by atoms with Crippen molar-refractivity contribution in [3.63, 3.8) is 0 Å². The van der Waals surface area contributed by atoms with Gasteiger partial charge in [-0.15, -0.1) is 5.10 Å². The number of halogens is 1. The zero-order valence-corrected chi connectivity index (χ0v) is 11.6. The van der Waals surface area contributed by atoms with E-state index in [9.17, 15) is 9.65 Å². The Morgan fingerprint density at radius 3 is 2.62 bits per heavy atom. The molecule has 0 unspecified atom stereocenters. The lowest BCUT2D eigenvalue weighted by Gasteiger charge is -2.46. The van der Waals surface area contributed by atoms with Gasteiger partial charge in [-0.25, -0.2) is 13.9 Å². The molecule has 3 saturated carbocycles. The van der Waals surface area contributed by atoms with E-state index in [2.05, 4.69) is 10.1 Å². The average Bonchev–Trinajstić information content (AvgIpc) is 2.81. The van der Waals surface area contributed by atoms with Gasteiger partial charge in [0.2, 0.25) is 5.95 Å². The topological polar surface area (TPSA) is 80.0 Å². The minimum atomic E-state index is -0.519. The highest BCUT2D eigenvalue weighted by atomic mass is 19.1. The van der Waals surface area contributed by atoms with Crippen LogP contribution in [0.15, 0.2) is 6.20 Å². The molecule has 2 aromatic heterocycles. The van der Waals surface area contributed by atoms with Gasteiger partial charge in [-0.2, -0.15) is 5.26 Å². The number of hydrogen-bond acceptors (Lipinski definition) is 4. The van der Waals surface area contributed by atoms with Gasteiger partial charge in [0.1, 0.15) is 17.1 Å². The largest absolute Gasteiger partial charge is 0.367 e. The van der Waals surface area contributed by atoms with Crippen molar-refractivity contribution in [2.45, 2.75) is 43.9 Å². The Morgan fingerprint density at radius 1 is 1.33 bits per heavy atom. The van der Waals surface area contributed by atoms with Gasteiger partial charge < -0.3 is 5.73 Å². The van der Waals surface area contributed by atoms with Gasteiger partial charge >= 0.3 is 0 Å². The van der Waals surface area contributed by atoms with Crippen LogP contribution in [-0.2, 0) is 5.41 Å². The highest BCUT2D eigenvalue weighted by Gasteiger charge is 2.46. The van der Waals surface area contributed by atoms with Crippen LogP contribution in [0.25, 0.3) is 5.52 Å². The quantitative estimate of drug-likeness (QED) is 0.873. The van der Waals surface area contributed by atoms with E-state index in [1.54, 1.807) is 0 Å². The van der Waals surface area contributed by atoms with Crippen LogP contribution < -0.4 is 5.73 Å². The predicted octanol–water partition coefficient (Wildman–Crippen LogP) is 2.54. The Labute approximate surface area is 121 Å². The number of rotatable bonds is 1. The molecule has 5 rings (SSSR count). The zero-order chi connectivity index (χ0) is 14.6. The Balaban J connectivity index is 2.03. The third kappa shape index (κ3) is 1.60. The molecular formula is C15H16FN5. The number of hydrogen-bond donors (Lipinski definition) is 1. The molecule has 0 saturated heterocycles. The molecule has 0 aliphatic heterocycles. The summed E-state index contributed by atoms with van der Waals surface area (Å²) in [5.74, 6) is 0.381. The molecule has 2 aromatic rings. The summed E-state index contributed by atoms with van der Waals surface area (Å²) >= 11 is 0. The van der Waals surface area contributed by atoms with Crippen molar-refractivity contribution in [2.24, 2.45) is 5.92 Å². The molecule has 0 amide bonds. The maximum absolute atomic E-state index is 14.5. The van der Waals surface area contributed by atoms with Gasteiger partial charge in [0.15, 0.2) is 5.82 Å². The Bertz CT molecular complexity index is 751. The van der Waals surface area contributed by atoms with E-state index in [4.69, 9.17) is 5.73 Å². The van der Waals surface area contributed by atoms with Crippen molar-refractivity contribution in [2.75, 3.05) is 5.73 Å². The molecule has 0 spiro atoms. The standard InChI is InChI=1S/C15H16FN5/c16-12-10(7-17)13(21-11(12)8-19-14(18)20-21)15-4-1-9(2-5-15)3-6-15/h8-9H,1-6H2,(H2,18,20). The number of aromatic nitrogens is 3. The molecule has 0 atom stereocenters. The molecule has 2 N–H and O–H groups in total. The van der Waals surface area contributed by atoms with Crippen molar-refractivity contribution >= 4 is 11.5 Å². The van der Waals surface area contributed by atoms with E-state index in [1.165, 1.54) is 10.7 Å². The first kappa shape index (κ1) is 12.6. The second-order valence-electron chi connectivity index (χ2n) is 6.33. The van der Waals surface area contributed by atoms with Crippen LogP contribution in [-0.4, -0.2) is 14.6 Å². The lowest BCUT2D eigenvalue weighted by Crippen LogP contribution is -2.39. The summed E-state index contributed by atoms with van der Waals surface area (Å²) in [6.45, 7) is 0. The predicted molar refractivity (Wildman–Crippen MR) is 74.9 cm³/mol. The van der Waals surface area contributed by atoms with Crippen molar-refractivity contribution < 1.29 is 4.39 Å². The fraction of sp³-hybridized carbons (Fsp3) is 0.533. The van der Waals surface area contributed by atoms with Crippen LogP contribution in [0.1, 0.15) is 49.8 Å². The highest BCUT2D eigenvalue weighted by molar-refractivity contribution is 5.59. The Hall–Kier alpha value is -2.16. The first-order valence-corrected chi connectivity index (χ1v) is 7.38. The van der Waals surface area contributed by atoms with Gasteiger partial charge in [0.25, 0.3) is 0 Å². The third-order valence-corrected chi connectivity index (χ3v) is 5.35. The van der Waals surface area contributed by atoms with E-state index in [0.717, 1.165) is 44.4 Å². The summed E-state index contributed by atoms with van der Waals surface area (Å²) in [5.41, 5.74) is 6.62. The molecule has 5 nitrogen and oxygen atoms in total. The summed E-state index contributed by atoms with van der Waals surface area (Å²) in [4.78, 5) is 3.86. The number of nitrogens with zero attached hydrogens (tertiary/aromatic N) is 4. The van der Waals surface area contributed by atoms with Crippen molar-refractivity contribution in [3.8, 4) is 6.07 Å². The maximum atomic E-state index is 14.5. The number of nitrogens with two attached hydrogens (primary N) is 1. The van der Waals surface area contributed by atoms with Gasteiger partial charge in [0, 0.05) is 5.41 Å². The van der Waals surface area contributed by atoms with Crippen LogP contribution in [0.3, 0.4) is 0 Å². The summed E-state index contributed by atoms with van der Waals surface area (Å²) in [6, 6.07) is 2.04. The molecule has 2 heterocycles. The van der Waals surface area contributed by atoms with Gasteiger partial charge in [-0.05, 0) is 44.4 Å². The first-order valence-electron chi connectivity index (χ1n) is 7.38. The van der Waals surface area contributed by atoms with Crippen LogP contribution in [0.4, 0.5) is 10.3 Å². The number of nitrogen functional groups attached to an aromatic ring is 1. The summed E-state index contributed by atoms with van der Waals surface area (Å²) in [5, 5.41) is 13.6. The van der Waals surface area contributed by atoms with Crippen molar-refractivity contribution in [1.82, 2.24) is 14.6 Å². The lowest BCUT2D eigenvalue weighted by atomic mass is 9.59. The van der Waals surface area contributed by atoms with E-state index in [1.807, 2.05) is 6.07 Å². The average molecular weight is 285 g/mol. The normalized spacial score (nSPS) is 27.9. The SMILES string of the molecule is N#Cc1c(F)c2cnc(N)nn2c1C12CCC(CC1)CC2. The van der Waals surface area contributed by atoms with Crippen LogP contribution in [0, 0.1) is 23.1 Å². The molecule has 0 aromatic carbocycles. The van der Waals surface area contributed by atoms with Gasteiger partial charge in [-0.1, -0.05) is 0 Å². The number of nitriles is 1. The van der Waals surface area contributed by atoms with Crippen molar-refractivity contribution in [3.05, 3.63) is 23.3 Å². The third-order valence-electron chi connectivity index (χ3n) is 5.35. The van der Waals surface area contributed by atoms with E-state index in [-0.39, 0.29) is 22.4 Å². The monoisotopic (exact) mass is 285 g/mol. The van der Waals surface area contributed by atoms with Crippen LogP contribution in [0.5, 0.6) is 0 Å². The van der Waals surface area contributed by atoms with E-state index >= 15 is 0 Å². The molecule has 3 aliphatic rings. The molecule has 6 heteroatoms. The molecule has 2 bridgehead atoms. The van der Waals surface area contributed by atoms with Crippen molar-refractivity contribution in [1.29, 1.82) is 5.26 Å². The summed E-state index contributed by atoms with van der Waals surface area (Å²) in [6.07, 6.45) is 7.83. The molecular weight excluding hydrogens is 269 g/mol. The Morgan fingerprint density at radius 2 is 2.00 bits per heavy atom. The second-order valence-corrected chi connectivity index (χ2v) is 6.33. The smallest absolute Gasteiger partial charge is 0.238 e. The molecule has 3 aliphatic carbocycles. The summed E-state index contributed by atoms with van der Waals surface area (Å²) in [7, 11) is 0. The van der Waals surface area contributed by atoms with E-state index < -0.39 is 5.82 Å². The molecule has 3 fully saturated rings. The molecule has 21 heavy (non-hydrogen) atoms. The zero-order valence-electron chi connectivity index (χ0n) is 11.6. The minimum absolute atomic E-state index is 0.101. The van der Waals surface area contributed by atoms with Crippen LogP contribution in [0.2, 0.25) is 0 Å². The Kier molecular flexibility index (Phi) is 2.49. The second kappa shape index (κ2) is 4.17. The maximum Gasteiger partial charge on any atom is 0.238 e. The molecule has 108 valence electrons. The van der Waals surface area contributed by atoms with Gasteiger partial charge in [0.05, 0.1) is 11.9 Å². The fourth-order valence-corrected chi connectivity index (χ4v) is 4.22. The first-order chi connectivity index (χ1) is 10.1. The highest BCUT2D eigenvalue weighted by Crippen LogP contribution is 2.52. The number of fused-ring (bicyclic) bond motifs is 4. The lowest BCUT2D eigenvalue weighted by molar-refractivity contribution is 0.130. The number of anilines is 1. The van der Waals surface area contributed by atoms with E-state index in [0.29, 0.717) is 5.69 Å².